The van der Waals surface area contributed by atoms with Crippen LogP contribution < -0.4 is 10.5 Å². The molecule has 1 unspecified atom stereocenters. The lowest BCUT2D eigenvalue weighted by Crippen LogP contribution is -2.29. The first-order chi connectivity index (χ1) is 8.07. The minimum absolute atomic E-state index is 0.0633. The van der Waals surface area contributed by atoms with Crippen molar-refractivity contribution in [1.29, 1.82) is 0 Å². The van der Waals surface area contributed by atoms with Gasteiger partial charge in [0.1, 0.15) is 5.75 Å². The Morgan fingerprint density at radius 1 is 1.35 bits per heavy atom. The topological polar surface area (TPSA) is 35.2 Å². The average Bonchev–Trinajstić information content (AvgIpc) is 2.76. The van der Waals surface area contributed by atoms with E-state index in [0.29, 0.717) is 10.8 Å². The number of hydrogen-bond acceptors (Lipinski definition) is 2. The predicted octanol–water partition coefficient (Wildman–Crippen LogP) is 3.93. The van der Waals surface area contributed by atoms with Crippen molar-refractivity contribution in [2.45, 2.75) is 38.6 Å². The average molecular weight is 254 g/mol. The minimum atomic E-state index is 0.0633. The predicted molar refractivity (Wildman–Crippen MR) is 71.5 cm³/mol. The van der Waals surface area contributed by atoms with E-state index in [1.165, 1.54) is 25.7 Å². The number of hydrogen-bond donors (Lipinski definition) is 1. The lowest BCUT2D eigenvalue weighted by molar-refractivity contribution is 0.265. The van der Waals surface area contributed by atoms with E-state index in [1.54, 1.807) is 7.11 Å². The van der Waals surface area contributed by atoms with Gasteiger partial charge < -0.3 is 10.5 Å². The van der Waals surface area contributed by atoms with Gasteiger partial charge >= 0.3 is 0 Å². The quantitative estimate of drug-likeness (QED) is 0.886. The Morgan fingerprint density at radius 2 is 2.00 bits per heavy atom. The molecule has 0 aliphatic heterocycles. The van der Waals surface area contributed by atoms with E-state index in [-0.39, 0.29) is 11.5 Å². The molecular formula is C14H20ClNO. The molecule has 0 spiro atoms. The van der Waals surface area contributed by atoms with Gasteiger partial charge in [-0.3, -0.25) is 0 Å². The van der Waals surface area contributed by atoms with Crippen LogP contribution in [0.4, 0.5) is 0 Å². The molecule has 1 aliphatic rings. The summed E-state index contributed by atoms with van der Waals surface area (Å²) in [6.07, 6.45) is 4.98. The highest BCUT2D eigenvalue weighted by Gasteiger charge is 2.35. The molecule has 0 radical (unpaired) electrons. The first-order valence-electron chi connectivity index (χ1n) is 6.16. The van der Waals surface area contributed by atoms with Crippen LogP contribution in [-0.2, 0) is 0 Å². The van der Waals surface area contributed by atoms with Crippen molar-refractivity contribution in [2.75, 3.05) is 7.11 Å². The second-order valence-electron chi connectivity index (χ2n) is 5.23. The Hall–Kier alpha value is -0.730. The maximum absolute atomic E-state index is 6.40. The Bertz CT molecular complexity index is 399. The van der Waals surface area contributed by atoms with Crippen LogP contribution in [0.2, 0.25) is 5.02 Å². The van der Waals surface area contributed by atoms with Gasteiger partial charge in [0.25, 0.3) is 0 Å². The highest BCUT2D eigenvalue weighted by molar-refractivity contribution is 6.32. The summed E-state index contributed by atoms with van der Waals surface area (Å²) in [5, 5.41) is 0.641. The van der Waals surface area contributed by atoms with Crippen molar-refractivity contribution in [2.24, 2.45) is 11.1 Å². The van der Waals surface area contributed by atoms with E-state index < -0.39 is 0 Å². The standard InChI is InChI=1S/C14H20ClNO/c1-14(7-3-4-8-14)13(16)10-5-6-12(17-2)11(15)9-10/h5-6,9,13H,3-4,7-8,16H2,1-2H3. The van der Waals surface area contributed by atoms with Crippen LogP contribution in [0, 0.1) is 5.41 Å². The summed E-state index contributed by atoms with van der Waals surface area (Å²) in [5.74, 6) is 0.708. The fraction of sp³-hybridized carbons (Fsp3) is 0.571. The molecule has 0 bridgehead atoms. The zero-order valence-corrected chi connectivity index (χ0v) is 11.3. The van der Waals surface area contributed by atoms with Crippen molar-refractivity contribution in [1.82, 2.24) is 0 Å². The molecule has 0 saturated heterocycles. The Morgan fingerprint density at radius 3 is 2.53 bits per heavy atom. The third-order valence-corrected chi connectivity index (χ3v) is 4.33. The van der Waals surface area contributed by atoms with Crippen molar-refractivity contribution >= 4 is 11.6 Å². The summed E-state index contributed by atoms with van der Waals surface area (Å²) in [5.41, 5.74) is 7.73. The zero-order chi connectivity index (χ0) is 12.5. The fourth-order valence-electron chi connectivity index (χ4n) is 2.77. The van der Waals surface area contributed by atoms with Gasteiger partial charge in [-0.1, -0.05) is 37.4 Å². The molecule has 2 rings (SSSR count). The summed E-state index contributed by atoms with van der Waals surface area (Å²) >= 11 is 6.15. The van der Waals surface area contributed by atoms with Crippen LogP contribution in [0.25, 0.3) is 0 Å². The fourth-order valence-corrected chi connectivity index (χ4v) is 3.04. The van der Waals surface area contributed by atoms with E-state index in [1.807, 2.05) is 18.2 Å². The highest BCUT2D eigenvalue weighted by Crippen LogP contribution is 2.46. The van der Waals surface area contributed by atoms with Crippen LogP contribution in [0.3, 0.4) is 0 Å². The molecule has 1 fully saturated rings. The number of methoxy groups -OCH3 is 1. The molecule has 17 heavy (non-hydrogen) atoms. The van der Waals surface area contributed by atoms with Gasteiger partial charge in [-0.2, -0.15) is 0 Å². The second-order valence-corrected chi connectivity index (χ2v) is 5.64. The van der Waals surface area contributed by atoms with Crippen LogP contribution in [-0.4, -0.2) is 7.11 Å². The molecule has 0 heterocycles. The van der Waals surface area contributed by atoms with Crippen molar-refractivity contribution < 1.29 is 4.74 Å². The normalized spacial score (nSPS) is 20.2. The Kier molecular flexibility index (Phi) is 3.64. The summed E-state index contributed by atoms with van der Waals surface area (Å²) in [6.45, 7) is 2.28. The zero-order valence-electron chi connectivity index (χ0n) is 10.5. The van der Waals surface area contributed by atoms with Gasteiger partial charge in [0, 0.05) is 6.04 Å². The Balaban J connectivity index is 2.25. The molecule has 2 N–H and O–H groups in total. The summed E-state index contributed by atoms with van der Waals surface area (Å²) in [7, 11) is 1.62. The first kappa shape index (κ1) is 12.7. The molecule has 1 aliphatic carbocycles. The van der Waals surface area contributed by atoms with Gasteiger partial charge in [-0.15, -0.1) is 0 Å². The molecule has 1 saturated carbocycles. The summed E-state index contributed by atoms with van der Waals surface area (Å²) < 4.78 is 5.16. The van der Waals surface area contributed by atoms with E-state index in [9.17, 15) is 0 Å². The van der Waals surface area contributed by atoms with Crippen LogP contribution in [0.5, 0.6) is 5.75 Å². The van der Waals surface area contributed by atoms with Crippen molar-refractivity contribution in [3.05, 3.63) is 28.8 Å². The van der Waals surface area contributed by atoms with Crippen LogP contribution >= 0.6 is 11.6 Å². The van der Waals surface area contributed by atoms with Crippen LogP contribution in [0.1, 0.15) is 44.2 Å². The van der Waals surface area contributed by atoms with Crippen molar-refractivity contribution in [3.8, 4) is 5.75 Å². The monoisotopic (exact) mass is 253 g/mol. The smallest absolute Gasteiger partial charge is 0.137 e. The molecule has 0 amide bonds. The van der Waals surface area contributed by atoms with E-state index in [2.05, 4.69) is 6.92 Å². The maximum Gasteiger partial charge on any atom is 0.137 e. The molecule has 1 aromatic carbocycles. The lowest BCUT2D eigenvalue weighted by Gasteiger charge is -2.31. The summed E-state index contributed by atoms with van der Waals surface area (Å²) in [4.78, 5) is 0. The molecule has 1 aromatic rings. The summed E-state index contributed by atoms with van der Waals surface area (Å²) in [6, 6.07) is 5.93. The molecule has 2 nitrogen and oxygen atoms in total. The molecular weight excluding hydrogens is 234 g/mol. The van der Waals surface area contributed by atoms with Crippen LogP contribution in [0.15, 0.2) is 18.2 Å². The molecule has 94 valence electrons. The molecule has 1 atom stereocenters. The number of ether oxygens (including phenoxy) is 1. The third kappa shape index (κ3) is 2.43. The maximum atomic E-state index is 6.40. The Labute approximate surface area is 108 Å². The van der Waals surface area contributed by atoms with Gasteiger partial charge in [0.05, 0.1) is 12.1 Å². The number of rotatable bonds is 3. The van der Waals surface area contributed by atoms with E-state index in [4.69, 9.17) is 22.1 Å². The van der Waals surface area contributed by atoms with E-state index >= 15 is 0 Å². The van der Waals surface area contributed by atoms with Gasteiger partial charge in [-0.05, 0) is 36.0 Å². The van der Waals surface area contributed by atoms with Crippen molar-refractivity contribution in [3.63, 3.8) is 0 Å². The third-order valence-electron chi connectivity index (χ3n) is 4.03. The number of halogens is 1. The molecule has 3 heteroatoms. The largest absolute Gasteiger partial charge is 0.495 e. The van der Waals surface area contributed by atoms with E-state index in [0.717, 1.165) is 5.56 Å². The highest BCUT2D eigenvalue weighted by atomic mass is 35.5. The number of nitrogens with two attached hydrogens (primary N) is 1. The lowest BCUT2D eigenvalue weighted by atomic mass is 9.78. The second kappa shape index (κ2) is 4.87. The number of benzene rings is 1. The van der Waals surface area contributed by atoms with Gasteiger partial charge in [-0.25, -0.2) is 0 Å². The first-order valence-corrected chi connectivity index (χ1v) is 6.54. The molecule has 0 aromatic heterocycles. The van der Waals surface area contributed by atoms with Gasteiger partial charge in [0.2, 0.25) is 0 Å². The minimum Gasteiger partial charge on any atom is -0.495 e. The van der Waals surface area contributed by atoms with Gasteiger partial charge in [0.15, 0.2) is 0 Å². The SMILES string of the molecule is COc1ccc(C(N)C2(C)CCCC2)cc1Cl.